The zero-order chi connectivity index (χ0) is 16.5. The highest BCUT2D eigenvalue weighted by Crippen LogP contribution is 2.12. The Morgan fingerprint density at radius 3 is 2.27 bits per heavy atom. The summed E-state index contributed by atoms with van der Waals surface area (Å²) in [6.45, 7) is 8.71. The summed E-state index contributed by atoms with van der Waals surface area (Å²) in [6.07, 6.45) is -0.855. The van der Waals surface area contributed by atoms with Gasteiger partial charge in [-0.2, -0.15) is 0 Å². The Labute approximate surface area is 131 Å². The zero-order valence-electron chi connectivity index (χ0n) is 13.5. The second kappa shape index (κ2) is 9.38. The van der Waals surface area contributed by atoms with E-state index in [2.05, 4.69) is 36.3 Å². The molecule has 0 fully saturated rings. The van der Waals surface area contributed by atoms with Gasteiger partial charge in [-0.1, -0.05) is 26.0 Å². The van der Waals surface area contributed by atoms with Crippen molar-refractivity contribution in [2.24, 2.45) is 0 Å². The Morgan fingerprint density at radius 2 is 1.73 bits per heavy atom. The highest BCUT2D eigenvalue weighted by Gasteiger charge is 2.12. The number of carbonyl (C=O) groups excluding carboxylic acids is 1. The molecular formula is C16H26FN3O2. The molecule has 1 aromatic carbocycles. The fourth-order valence-corrected chi connectivity index (χ4v) is 2.27. The summed E-state index contributed by atoms with van der Waals surface area (Å²) >= 11 is 0. The van der Waals surface area contributed by atoms with E-state index in [1.807, 2.05) is 0 Å². The number of hydrogen-bond acceptors (Lipinski definition) is 3. The van der Waals surface area contributed by atoms with E-state index in [0.29, 0.717) is 12.1 Å². The minimum atomic E-state index is -0.855. The van der Waals surface area contributed by atoms with Crippen LogP contribution in [0.1, 0.15) is 32.4 Å². The molecule has 0 bridgehead atoms. The van der Waals surface area contributed by atoms with Gasteiger partial charge in [0.15, 0.2) is 0 Å². The van der Waals surface area contributed by atoms with Crippen LogP contribution >= 0.6 is 0 Å². The van der Waals surface area contributed by atoms with Crippen molar-refractivity contribution < 1.29 is 14.3 Å². The van der Waals surface area contributed by atoms with Crippen molar-refractivity contribution in [3.63, 3.8) is 0 Å². The number of halogens is 1. The molecule has 2 atom stereocenters. The van der Waals surface area contributed by atoms with Gasteiger partial charge in [0.25, 0.3) is 0 Å². The highest BCUT2D eigenvalue weighted by molar-refractivity contribution is 5.73. The number of likely N-dealkylation sites (N-methyl/N-ethyl adjacent to an activating group) is 1. The van der Waals surface area contributed by atoms with Gasteiger partial charge >= 0.3 is 6.03 Å². The Hall–Kier alpha value is -1.66. The third kappa shape index (κ3) is 5.99. The topological polar surface area (TPSA) is 64.6 Å². The number of urea groups is 1. The average molecular weight is 311 g/mol. The van der Waals surface area contributed by atoms with Gasteiger partial charge in [0.05, 0.1) is 6.10 Å². The van der Waals surface area contributed by atoms with E-state index in [9.17, 15) is 14.3 Å². The number of benzene rings is 1. The lowest BCUT2D eigenvalue weighted by molar-refractivity contribution is 0.171. The SMILES string of the molecule is CCN(CC)C(C)CNC(=O)NCC(O)c1ccc(F)cc1. The maximum atomic E-state index is 12.8. The molecule has 1 rings (SSSR count). The largest absolute Gasteiger partial charge is 0.387 e. The van der Waals surface area contributed by atoms with Crippen molar-refractivity contribution in [2.75, 3.05) is 26.2 Å². The Bertz CT molecular complexity index is 449. The van der Waals surface area contributed by atoms with Crippen molar-refractivity contribution in [1.29, 1.82) is 0 Å². The summed E-state index contributed by atoms with van der Waals surface area (Å²) in [4.78, 5) is 14.0. The number of hydrogen-bond donors (Lipinski definition) is 3. The van der Waals surface area contributed by atoms with Crippen LogP contribution in [0.15, 0.2) is 24.3 Å². The van der Waals surface area contributed by atoms with E-state index in [1.54, 1.807) is 0 Å². The highest BCUT2D eigenvalue weighted by atomic mass is 19.1. The van der Waals surface area contributed by atoms with Crippen LogP contribution in [0.25, 0.3) is 0 Å². The van der Waals surface area contributed by atoms with E-state index < -0.39 is 6.10 Å². The molecule has 1 aromatic rings. The lowest BCUT2D eigenvalue weighted by atomic mass is 10.1. The molecular weight excluding hydrogens is 285 g/mol. The number of aliphatic hydroxyl groups excluding tert-OH is 1. The van der Waals surface area contributed by atoms with E-state index in [0.717, 1.165) is 13.1 Å². The van der Waals surface area contributed by atoms with Crippen LogP contribution in [0.5, 0.6) is 0 Å². The van der Waals surface area contributed by atoms with Crippen LogP contribution in [-0.2, 0) is 0 Å². The molecule has 0 radical (unpaired) electrons. The number of nitrogens with one attached hydrogen (secondary N) is 2. The number of rotatable bonds is 8. The molecule has 0 saturated carbocycles. The number of aliphatic hydroxyl groups is 1. The van der Waals surface area contributed by atoms with Crippen LogP contribution < -0.4 is 10.6 Å². The number of carbonyl (C=O) groups is 1. The van der Waals surface area contributed by atoms with Crippen molar-refractivity contribution in [3.05, 3.63) is 35.6 Å². The summed E-state index contributed by atoms with van der Waals surface area (Å²) in [5, 5.41) is 15.3. The molecule has 0 saturated heterocycles. The predicted octanol–water partition coefficient (Wildman–Crippen LogP) is 1.89. The van der Waals surface area contributed by atoms with Gasteiger partial charge in [0.2, 0.25) is 0 Å². The van der Waals surface area contributed by atoms with E-state index in [-0.39, 0.29) is 24.4 Å². The maximum absolute atomic E-state index is 12.8. The second-order valence-corrected chi connectivity index (χ2v) is 5.23. The van der Waals surface area contributed by atoms with Crippen LogP contribution in [0.3, 0.4) is 0 Å². The van der Waals surface area contributed by atoms with E-state index in [1.165, 1.54) is 24.3 Å². The van der Waals surface area contributed by atoms with Gasteiger partial charge in [0.1, 0.15) is 5.82 Å². The molecule has 0 aromatic heterocycles. The standard InChI is InChI=1S/C16H26FN3O2/c1-4-20(5-2)12(3)10-18-16(22)19-11-15(21)13-6-8-14(17)9-7-13/h6-9,12,15,21H,4-5,10-11H2,1-3H3,(H2,18,19,22). The van der Waals surface area contributed by atoms with Crippen molar-refractivity contribution >= 4 is 6.03 Å². The maximum Gasteiger partial charge on any atom is 0.314 e. The third-order valence-corrected chi connectivity index (χ3v) is 3.70. The smallest absolute Gasteiger partial charge is 0.314 e. The second-order valence-electron chi connectivity index (χ2n) is 5.23. The van der Waals surface area contributed by atoms with Gasteiger partial charge in [-0.3, -0.25) is 4.90 Å². The fraction of sp³-hybridized carbons (Fsp3) is 0.562. The molecule has 124 valence electrons. The monoisotopic (exact) mass is 311 g/mol. The van der Waals surface area contributed by atoms with E-state index >= 15 is 0 Å². The molecule has 0 aliphatic heterocycles. The van der Waals surface area contributed by atoms with Gasteiger partial charge in [-0.05, 0) is 37.7 Å². The molecule has 0 heterocycles. The van der Waals surface area contributed by atoms with Crippen molar-refractivity contribution in [3.8, 4) is 0 Å². The number of amides is 2. The Kier molecular flexibility index (Phi) is 7.84. The minimum absolute atomic E-state index is 0.0805. The average Bonchev–Trinajstić information content (AvgIpc) is 2.52. The molecule has 3 N–H and O–H groups in total. The first-order chi connectivity index (χ1) is 10.5. The van der Waals surface area contributed by atoms with Crippen LogP contribution in [-0.4, -0.2) is 48.3 Å². The van der Waals surface area contributed by atoms with Gasteiger partial charge in [-0.25, -0.2) is 9.18 Å². The third-order valence-electron chi connectivity index (χ3n) is 3.70. The van der Waals surface area contributed by atoms with Crippen LogP contribution in [0, 0.1) is 5.82 Å². The number of nitrogens with zero attached hydrogens (tertiary/aromatic N) is 1. The molecule has 2 amide bonds. The van der Waals surface area contributed by atoms with Crippen LogP contribution in [0.2, 0.25) is 0 Å². The first-order valence-corrected chi connectivity index (χ1v) is 7.67. The summed E-state index contributed by atoms with van der Waals surface area (Å²) in [5.41, 5.74) is 0.568. The van der Waals surface area contributed by atoms with Gasteiger partial charge in [-0.15, -0.1) is 0 Å². The molecule has 0 aliphatic rings. The summed E-state index contributed by atoms with van der Waals surface area (Å²) in [7, 11) is 0. The molecule has 22 heavy (non-hydrogen) atoms. The van der Waals surface area contributed by atoms with E-state index in [4.69, 9.17) is 0 Å². The Morgan fingerprint density at radius 1 is 1.18 bits per heavy atom. The molecule has 0 aliphatic carbocycles. The predicted molar refractivity (Wildman–Crippen MR) is 85.1 cm³/mol. The minimum Gasteiger partial charge on any atom is -0.387 e. The van der Waals surface area contributed by atoms with Crippen molar-refractivity contribution in [2.45, 2.75) is 32.9 Å². The first kappa shape index (κ1) is 18.4. The summed E-state index contributed by atoms with van der Waals surface area (Å²) < 4.78 is 12.8. The lowest BCUT2D eigenvalue weighted by Gasteiger charge is -2.26. The normalized spacial score (nSPS) is 13.7. The first-order valence-electron chi connectivity index (χ1n) is 7.67. The lowest BCUT2D eigenvalue weighted by Crippen LogP contribution is -2.45. The molecule has 6 heteroatoms. The molecule has 5 nitrogen and oxygen atoms in total. The summed E-state index contributed by atoms with van der Waals surface area (Å²) in [5.74, 6) is -0.355. The molecule has 2 unspecified atom stereocenters. The zero-order valence-corrected chi connectivity index (χ0v) is 13.5. The Balaban J connectivity index is 2.32. The molecule has 0 spiro atoms. The van der Waals surface area contributed by atoms with Crippen LogP contribution in [0.4, 0.5) is 9.18 Å². The van der Waals surface area contributed by atoms with Gasteiger partial charge < -0.3 is 15.7 Å². The van der Waals surface area contributed by atoms with Crippen molar-refractivity contribution in [1.82, 2.24) is 15.5 Å². The van der Waals surface area contributed by atoms with Gasteiger partial charge in [0, 0.05) is 19.1 Å². The fourth-order valence-electron chi connectivity index (χ4n) is 2.27. The quantitative estimate of drug-likeness (QED) is 0.687. The summed E-state index contributed by atoms with van der Waals surface area (Å²) in [6, 6.07) is 5.50.